The molecule has 1 aromatic carbocycles. The Morgan fingerprint density at radius 1 is 1.26 bits per heavy atom. The molecule has 1 N–H and O–H groups in total. The van der Waals surface area contributed by atoms with E-state index in [9.17, 15) is 9.50 Å². The van der Waals surface area contributed by atoms with Crippen molar-refractivity contribution >= 4 is 11.0 Å². The lowest BCUT2D eigenvalue weighted by atomic mass is 9.77. The van der Waals surface area contributed by atoms with E-state index < -0.39 is 0 Å². The number of rotatable bonds is 5. The van der Waals surface area contributed by atoms with Crippen LogP contribution in [0, 0.1) is 11.2 Å². The van der Waals surface area contributed by atoms with Crippen LogP contribution in [0.1, 0.15) is 38.9 Å². The molecule has 5 heteroatoms. The van der Waals surface area contributed by atoms with Crippen LogP contribution in [0.5, 0.6) is 0 Å². The average molecular weight is 319 g/mol. The minimum atomic E-state index is -0.238. The summed E-state index contributed by atoms with van der Waals surface area (Å²) in [5.74, 6) is 0.763. The number of hydrogen-bond acceptors (Lipinski definition) is 3. The minimum absolute atomic E-state index is 0.102. The first-order valence-electron chi connectivity index (χ1n) is 8.58. The van der Waals surface area contributed by atoms with E-state index in [1.807, 2.05) is 6.07 Å². The Kier molecular flexibility index (Phi) is 4.69. The molecule has 0 unspecified atom stereocenters. The van der Waals surface area contributed by atoms with Crippen molar-refractivity contribution < 1.29 is 9.50 Å². The third-order valence-electron chi connectivity index (χ3n) is 5.47. The lowest BCUT2D eigenvalue weighted by Crippen LogP contribution is -2.41. The molecule has 1 aromatic heterocycles. The van der Waals surface area contributed by atoms with Crippen LogP contribution in [0.3, 0.4) is 0 Å². The molecular formula is C18H26FN3O. The second-order valence-electron chi connectivity index (χ2n) is 6.69. The van der Waals surface area contributed by atoms with E-state index in [0.717, 1.165) is 62.3 Å². The molecule has 2 aromatic rings. The number of benzene rings is 1. The molecule has 3 rings (SSSR count). The molecule has 0 amide bonds. The second kappa shape index (κ2) is 6.57. The maximum atomic E-state index is 13.4. The van der Waals surface area contributed by atoms with Crippen molar-refractivity contribution in [3.05, 3.63) is 29.8 Å². The summed E-state index contributed by atoms with van der Waals surface area (Å²) in [5, 5.41) is 9.65. The zero-order chi connectivity index (χ0) is 16.4. The van der Waals surface area contributed by atoms with Crippen LogP contribution < -0.4 is 0 Å². The Morgan fingerprint density at radius 3 is 2.61 bits per heavy atom. The molecule has 0 saturated carbocycles. The molecule has 1 fully saturated rings. The molecule has 2 heterocycles. The number of aliphatic hydroxyl groups excluding tert-OH is 1. The zero-order valence-corrected chi connectivity index (χ0v) is 14.1. The standard InChI is InChI=1S/C18H26FN3O/c1-3-18(13-23)7-9-21(10-8-18)12-17-20-15-11-14(19)5-6-16(15)22(17)4-2/h5-6,11,23H,3-4,7-10,12-13H2,1-2H3. The molecule has 0 radical (unpaired) electrons. The summed E-state index contributed by atoms with van der Waals surface area (Å²) < 4.78 is 15.6. The summed E-state index contributed by atoms with van der Waals surface area (Å²) in [5.41, 5.74) is 1.83. The van der Waals surface area contributed by atoms with Gasteiger partial charge in [-0.15, -0.1) is 0 Å². The van der Waals surface area contributed by atoms with Gasteiger partial charge in [0, 0.05) is 19.2 Å². The molecule has 4 nitrogen and oxygen atoms in total. The second-order valence-corrected chi connectivity index (χ2v) is 6.69. The number of aromatic nitrogens is 2. The van der Waals surface area contributed by atoms with E-state index in [-0.39, 0.29) is 17.8 Å². The number of aryl methyl sites for hydroxylation is 1. The first kappa shape index (κ1) is 16.4. The number of hydrogen-bond donors (Lipinski definition) is 1. The van der Waals surface area contributed by atoms with Gasteiger partial charge in [0.25, 0.3) is 0 Å². The summed E-state index contributed by atoms with van der Waals surface area (Å²) in [6.45, 7) is 8.13. The van der Waals surface area contributed by atoms with E-state index in [1.54, 1.807) is 0 Å². The predicted molar refractivity (Wildman–Crippen MR) is 89.7 cm³/mol. The van der Waals surface area contributed by atoms with Crippen molar-refractivity contribution in [2.75, 3.05) is 19.7 Å². The largest absolute Gasteiger partial charge is 0.396 e. The molecule has 0 atom stereocenters. The van der Waals surface area contributed by atoms with Gasteiger partial charge in [0.15, 0.2) is 0 Å². The predicted octanol–water partition coefficient (Wildman–Crippen LogP) is 3.18. The molecule has 0 aliphatic carbocycles. The number of imidazole rings is 1. The monoisotopic (exact) mass is 319 g/mol. The Hall–Kier alpha value is -1.46. The normalized spacial score (nSPS) is 18.6. The van der Waals surface area contributed by atoms with Crippen LogP contribution in [-0.4, -0.2) is 39.3 Å². The lowest BCUT2D eigenvalue weighted by molar-refractivity contribution is 0.0371. The fourth-order valence-electron chi connectivity index (χ4n) is 3.64. The van der Waals surface area contributed by atoms with Gasteiger partial charge in [-0.3, -0.25) is 4.90 Å². The molecule has 0 bridgehead atoms. The Morgan fingerprint density at radius 2 is 2.00 bits per heavy atom. The summed E-state index contributed by atoms with van der Waals surface area (Å²) in [7, 11) is 0. The van der Waals surface area contributed by atoms with E-state index in [2.05, 4.69) is 28.3 Å². The van der Waals surface area contributed by atoms with Gasteiger partial charge in [-0.25, -0.2) is 9.37 Å². The third-order valence-corrected chi connectivity index (χ3v) is 5.47. The maximum Gasteiger partial charge on any atom is 0.125 e. The van der Waals surface area contributed by atoms with Crippen LogP contribution in [0.2, 0.25) is 0 Å². The van der Waals surface area contributed by atoms with Crippen LogP contribution >= 0.6 is 0 Å². The molecule has 126 valence electrons. The average Bonchev–Trinajstić information content (AvgIpc) is 2.91. The van der Waals surface area contributed by atoms with Gasteiger partial charge in [-0.05, 0) is 56.8 Å². The summed E-state index contributed by atoms with van der Waals surface area (Å²) in [4.78, 5) is 7.04. The Balaban J connectivity index is 1.77. The van der Waals surface area contributed by atoms with Gasteiger partial charge in [0.1, 0.15) is 11.6 Å². The Labute approximate surface area is 136 Å². The van der Waals surface area contributed by atoms with Gasteiger partial charge in [-0.1, -0.05) is 6.92 Å². The quantitative estimate of drug-likeness (QED) is 0.920. The smallest absolute Gasteiger partial charge is 0.125 e. The highest BCUT2D eigenvalue weighted by atomic mass is 19.1. The van der Waals surface area contributed by atoms with Crippen molar-refractivity contribution in [1.82, 2.24) is 14.5 Å². The molecular weight excluding hydrogens is 293 g/mol. The number of fused-ring (bicyclic) bond motifs is 1. The summed E-state index contributed by atoms with van der Waals surface area (Å²) in [6, 6.07) is 4.82. The van der Waals surface area contributed by atoms with Gasteiger partial charge < -0.3 is 9.67 Å². The highest BCUT2D eigenvalue weighted by Gasteiger charge is 2.32. The van der Waals surface area contributed by atoms with Gasteiger partial charge in [-0.2, -0.15) is 0 Å². The van der Waals surface area contributed by atoms with Crippen LogP contribution in [-0.2, 0) is 13.1 Å². The highest BCUT2D eigenvalue weighted by molar-refractivity contribution is 5.76. The van der Waals surface area contributed by atoms with E-state index in [0.29, 0.717) is 0 Å². The van der Waals surface area contributed by atoms with Crippen LogP contribution in [0.25, 0.3) is 11.0 Å². The number of aliphatic hydroxyl groups is 1. The van der Waals surface area contributed by atoms with E-state index >= 15 is 0 Å². The number of piperidine rings is 1. The van der Waals surface area contributed by atoms with Crippen molar-refractivity contribution in [3.63, 3.8) is 0 Å². The van der Waals surface area contributed by atoms with E-state index in [4.69, 9.17) is 0 Å². The molecule has 23 heavy (non-hydrogen) atoms. The lowest BCUT2D eigenvalue weighted by Gasteiger charge is -2.40. The highest BCUT2D eigenvalue weighted by Crippen LogP contribution is 2.34. The van der Waals surface area contributed by atoms with Crippen molar-refractivity contribution in [3.8, 4) is 0 Å². The molecule has 0 spiro atoms. The van der Waals surface area contributed by atoms with Crippen molar-refractivity contribution in [1.29, 1.82) is 0 Å². The fourth-order valence-corrected chi connectivity index (χ4v) is 3.64. The number of halogens is 1. The summed E-state index contributed by atoms with van der Waals surface area (Å²) in [6.07, 6.45) is 3.09. The maximum absolute atomic E-state index is 13.4. The minimum Gasteiger partial charge on any atom is -0.396 e. The van der Waals surface area contributed by atoms with Crippen molar-refractivity contribution in [2.45, 2.75) is 46.2 Å². The van der Waals surface area contributed by atoms with Crippen LogP contribution in [0.15, 0.2) is 18.2 Å². The van der Waals surface area contributed by atoms with Crippen LogP contribution in [0.4, 0.5) is 4.39 Å². The molecule has 1 aliphatic heterocycles. The first-order chi connectivity index (χ1) is 11.1. The van der Waals surface area contributed by atoms with Crippen molar-refractivity contribution in [2.24, 2.45) is 5.41 Å². The van der Waals surface area contributed by atoms with Gasteiger partial charge in [0.2, 0.25) is 0 Å². The van der Waals surface area contributed by atoms with Gasteiger partial charge in [0.05, 0.1) is 17.6 Å². The zero-order valence-electron chi connectivity index (χ0n) is 14.1. The summed E-state index contributed by atoms with van der Waals surface area (Å²) >= 11 is 0. The first-order valence-corrected chi connectivity index (χ1v) is 8.58. The molecule has 1 saturated heterocycles. The SMILES string of the molecule is CCn1c(CN2CCC(CC)(CO)CC2)nc2cc(F)ccc21. The topological polar surface area (TPSA) is 41.3 Å². The Bertz CT molecular complexity index is 668. The third kappa shape index (κ3) is 3.12. The van der Waals surface area contributed by atoms with Gasteiger partial charge >= 0.3 is 0 Å². The number of nitrogens with zero attached hydrogens (tertiary/aromatic N) is 3. The fraction of sp³-hybridized carbons (Fsp3) is 0.611. The number of likely N-dealkylation sites (tertiary alicyclic amines) is 1. The molecule has 1 aliphatic rings. The van der Waals surface area contributed by atoms with E-state index in [1.165, 1.54) is 12.1 Å².